The zero-order chi connectivity index (χ0) is 21.2. The fraction of sp³-hybridized carbons (Fsp3) is 0.500. The van der Waals surface area contributed by atoms with Crippen LogP contribution in [0.25, 0.3) is 11.0 Å². The van der Waals surface area contributed by atoms with Crippen LogP contribution in [0.2, 0.25) is 0 Å². The first-order chi connectivity index (χ1) is 13.7. The Balaban J connectivity index is 1.82. The van der Waals surface area contributed by atoms with E-state index in [1.807, 2.05) is 12.1 Å². The Kier molecular flexibility index (Phi) is 6.15. The van der Waals surface area contributed by atoms with Crippen LogP contribution in [0.5, 0.6) is 5.75 Å². The van der Waals surface area contributed by atoms with Gasteiger partial charge in [-0.25, -0.2) is 9.59 Å². The Bertz CT molecular complexity index is 982. The molecule has 1 aromatic heterocycles. The Morgan fingerprint density at radius 1 is 1.28 bits per heavy atom. The van der Waals surface area contributed by atoms with Crippen LogP contribution in [0.3, 0.4) is 0 Å². The van der Waals surface area contributed by atoms with Crippen molar-refractivity contribution in [3.63, 3.8) is 0 Å². The number of carboxylic acid groups (broad SMARTS) is 1. The minimum Gasteiger partial charge on any atom is -0.489 e. The maximum Gasteiger partial charge on any atom is 0.336 e. The lowest BCUT2D eigenvalue weighted by Crippen LogP contribution is -2.34. The minimum atomic E-state index is -0.908. The third-order valence-electron chi connectivity index (χ3n) is 6.50. The predicted octanol–water partition coefficient (Wildman–Crippen LogP) is 5.43. The fourth-order valence-electron chi connectivity index (χ4n) is 4.55. The highest BCUT2D eigenvalue weighted by Crippen LogP contribution is 2.47. The van der Waals surface area contributed by atoms with Gasteiger partial charge in [0.05, 0.1) is 0 Å². The lowest BCUT2D eigenvalue weighted by molar-refractivity contribution is -0.132. The molecule has 1 aliphatic carbocycles. The molecule has 0 saturated heterocycles. The second-order valence-electron chi connectivity index (χ2n) is 8.95. The molecular formula is C24H30O5. The topological polar surface area (TPSA) is 76.7 Å². The van der Waals surface area contributed by atoms with Crippen molar-refractivity contribution in [1.29, 1.82) is 0 Å². The number of rotatable bonds is 6. The second-order valence-corrected chi connectivity index (χ2v) is 8.95. The maximum absolute atomic E-state index is 11.7. The van der Waals surface area contributed by atoms with E-state index in [2.05, 4.69) is 20.8 Å². The number of aliphatic carboxylic acids is 1. The number of hydrogen-bond acceptors (Lipinski definition) is 4. The molecule has 5 heteroatoms. The van der Waals surface area contributed by atoms with Crippen molar-refractivity contribution in [3.8, 4) is 5.75 Å². The summed E-state index contributed by atoms with van der Waals surface area (Å²) in [6, 6.07) is 8.40. The lowest BCUT2D eigenvalue weighted by Gasteiger charge is -2.43. The van der Waals surface area contributed by atoms with Crippen molar-refractivity contribution in [3.05, 3.63) is 51.9 Å². The van der Waals surface area contributed by atoms with Crippen LogP contribution in [0, 0.1) is 17.3 Å². The average molecular weight is 398 g/mol. The molecule has 0 bridgehead atoms. The maximum atomic E-state index is 11.7. The summed E-state index contributed by atoms with van der Waals surface area (Å²) in [5, 5.41) is 10.4. The SMILES string of the molecule is CC(C(=O)O)=C(COc1ccc2ccc(=O)oc2c1)C[C@H]1[C@H](C)CCCC1(C)C. The lowest BCUT2D eigenvalue weighted by atomic mass is 9.62. The van der Waals surface area contributed by atoms with E-state index in [0.717, 1.165) is 23.8 Å². The van der Waals surface area contributed by atoms with E-state index in [1.54, 1.807) is 19.1 Å². The Labute approximate surface area is 171 Å². The summed E-state index contributed by atoms with van der Waals surface area (Å²) in [6.45, 7) is 8.70. The van der Waals surface area contributed by atoms with Gasteiger partial charge in [-0.2, -0.15) is 0 Å². The number of carbonyl (C=O) groups is 1. The van der Waals surface area contributed by atoms with E-state index in [1.165, 1.54) is 18.9 Å². The molecule has 0 aliphatic heterocycles. The largest absolute Gasteiger partial charge is 0.489 e. The summed E-state index contributed by atoms with van der Waals surface area (Å²) in [5.74, 6) is 0.608. The third kappa shape index (κ3) is 4.89. The highest BCUT2D eigenvalue weighted by molar-refractivity contribution is 5.86. The van der Waals surface area contributed by atoms with E-state index < -0.39 is 11.6 Å². The molecule has 1 fully saturated rings. The predicted molar refractivity (Wildman–Crippen MR) is 113 cm³/mol. The summed E-state index contributed by atoms with van der Waals surface area (Å²) in [5.41, 5.74) is 1.39. The summed E-state index contributed by atoms with van der Waals surface area (Å²) < 4.78 is 11.2. The standard InChI is InChI=1S/C24H30O5/c1-15-6-5-11-24(3,4)20(15)12-18(16(2)23(26)27)14-28-19-9-7-17-8-10-22(25)29-21(17)13-19/h7-10,13,15,20H,5-6,11-12,14H2,1-4H3,(H,26,27)/t15-,20+/m1/s1. The van der Waals surface area contributed by atoms with Gasteiger partial charge in [0.1, 0.15) is 17.9 Å². The smallest absolute Gasteiger partial charge is 0.336 e. The molecule has 1 aliphatic rings. The van der Waals surface area contributed by atoms with Gasteiger partial charge in [-0.1, -0.05) is 33.6 Å². The average Bonchev–Trinajstić information content (AvgIpc) is 2.65. The van der Waals surface area contributed by atoms with Gasteiger partial charge >= 0.3 is 11.6 Å². The van der Waals surface area contributed by atoms with Crippen LogP contribution in [-0.4, -0.2) is 17.7 Å². The van der Waals surface area contributed by atoms with Crippen LogP contribution < -0.4 is 10.4 Å². The summed E-state index contributed by atoms with van der Waals surface area (Å²) in [4.78, 5) is 23.1. The molecule has 1 N–H and O–H groups in total. The van der Waals surface area contributed by atoms with Crippen LogP contribution in [0.1, 0.15) is 53.4 Å². The number of benzene rings is 1. The molecule has 0 unspecified atom stereocenters. The molecule has 0 spiro atoms. The molecule has 1 aromatic carbocycles. The highest BCUT2D eigenvalue weighted by Gasteiger charge is 2.37. The van der Waals surface area contributed by atoms with E-state index in [4.69, 9.17) is 9.15 Å². The van der Waals surface area contributed by atoms with Crippen LogP contribution in [0.15, 0.2) is 50.7 Å². The van der Waals surface area contributed by atoms with Crippen molar-refractivity contribution >= 4 is 16.9 Å². The number of ether oxygens (including phenoxy) is 1. The monoisotopic (exact) mass is 398 g/mol. The summed E-state index contributed by atoms with van der Waals surface area (Å²) >= 11 is 0. The molecule has 2 atom stereocenters. The molecule has 3 rings (SSSR count). The Hall–Kier alpha value is -2.56. The Morgan fingerprint density at radius 2 is 2.00 bits per heavy atom. The van der Waals surface area contributed by atoms with Crippen LogP contribution in [-0.2, 0) is 4.79 Å². The van der Waals surface area contributed by atoms with Gasteiger partial charge in [0.15, 0.2) is 0 Å². The first-order valence-corrected chi connectivity index (χ1v) is 10.3. The summed E-state index contributed by atoms with van der Waals surface area (Å²) in [6.07, 6.45) is 4.28. The first kappa shape index (κ1) is 21.2. The van der Waals surface area contributed by atoms with Gasteiger partial charge in [-0.3, -0.25) is 0 Å². The van der Waals surface area contributed by atoms with Gasteiger partial charge in [0.25, 0.3) is 0 Å². The summed E-state index contributed by atoms with van der Waals surface area (Å²) in [7, 11) is 0. The third-order valence-corrected chi connectivity index (χ3v) is 6.50. The van der Waals surface area contributed by atoms with Crippen molar-refractivity contribution in [1.82, 2.24) is 0 Å². The van der Waals surface area contributed by atoms with Crippen molar-refractivity contribution in [2.45, 2.75) is 53.4 Å². The number of fused-ring (bicyclic) bond motifs is 1. The first-order valence-electron chi connectivity index (χ1n) is 10.3. The van der Waals surface area contributed by atoms with Gasteiger partial charge in [-0.15, -0.1) is 0 Å². The second kappa shape index (κ2) is 8.44. The molecule has 0 radical (unpaired) electrons. The van der Waals surface area contributed by atoms with E-state index >= 15 is 0 Å². The molecule has 1 saturated carbocycles. The van der Waals surface area contributed by atoms with E-state index in [0.29, 0.717) is 28.7 Å². The molecule has 0 amide bonds. The van der Waals surface area contributed by atoms with Crippen molar-refractivity contribution in [2.24, 2.45) is 17.3 Å². The Morgan fingerprint density at radius 3 is 2.69 bits per heavy atom. The number of carboxylic acids is 1. The van der Waals surface area contributed by atoms with Crippen LogP contribution >= 0.6 is 0 Å². The van der Waals surface area contributed by atoms with Gasteiger partial charge in [0, 0.05) is 23.1 Å². The zero-order valence-electron chi connectivity index (χ0n) is 17.7. The molecule has 156 valence electrons. The normalized spacial score (nSPS) is 22.2. The molecular weight excluding hydrogens is 368 g/mol. The zero-order valence-corrected chi connectivity index (χ0v) is 17.7. The molecule has 29 heavy (non-hydrogen) atoms. The van der Waals surface area contributed by atoms with Crippen molar-refractivity contribution in [2.75, 3.05) is 6.61 Å². The number of hydrogen-bond donors (Lipinski definition) is 1. The van der Waals surface area contributed by atoms with E-state index in [9.17, 15) is 14.7 Å². The highest BCUT2D eigenvalue weighted by atomic mass is 16.5. The van der Waals surface area contributed by atoms with Crippen LogP contribution in [0.4, 0.5) is 0 Å². The van der Waals surface area contributed by atoms with E-state index in [-0.39, 0.29) is 12.0 Å². The molecule has 5 nitrogen and oxygen atoms in total. The fourth-order valence-corrected chi connectivity index (χ4v) is 4.55. The van der Waals surface area contributed by atoms with Crippen molar-refractivity contribution < 1.29 is 19.1 Å². The molecule has 1 heterocycles. The van der Waals surface area contributed by atoms with Gasteiger partial charge in [-0.05, 0) is 60.8 Å². The van der Waals surface area contributed by atoms with Gasteiger partial charge < -0.3 is 14.3 Å². The van der Waals surface area contributed by atoms with Gasteiger partial charge in [0.2, 0.25) is 0 Å². The quantitative estimate of drug-likeness (QED) is 0.519. The molecule has 2 aromatic rings. The minimum absolute atomic E-state index is 0.175.